The van der Waals surface area contributed by atoms with Gasteiger partial charge in [0.15, 0.2) is 5.82 Å². The van der Waals surface area contributed by atoms with E-state index in [9.17, 15) is 0 Å². The molecule has 2 rings (SSSR count). The van der Waals surface area contributed by atoms with E-state index >= 15 is 0 Å². The van der Waals surface area contributed by atoms with Crippen molar-refractivity contribution < 1.29 is 4.74 Å². The lowest BCUT2D eigenvalue weighted by Gasteiger charge is -2.20. The summed E-state index contributed by atoms with van der Waals surface area (Å²) in [5, 5.41) is 16.8. The van der Waals surface area contributed by atoms with E-state index in [2.05, 4.69) is 21.2 Å². The summed E-state index contributed by atoms with van der Waals surface area (Å²) in [4.78, 5) is 2.05. The van der Waals surface area contributed by atoms with E-state index in [-0.39, 0.29) is 0 Å². The van der Waals surface area contributed by atoms with Gasteiger partial charge >= 0.3 is 0 Å². The zero-order chi connectivity index (χ0) is 10.5. The fourth-order valence-electron chi connectivity index (χ4n) is 1.60. The maximum Gasteiger partial charge on any atom is 0.169 e. The van der Waals surface area contributed by atoms with E-state index in [1.165, 1.54) is 6.20 Å². The number of nitriles is 1. The van der Waals surface area contributed by atoms with Crippen molar-refractivity contribution in [2.75, 3.05) is 31.2 Å². The number of ether oxygens (including phenoxy) is 1. The minimum atomic E-state index is 0.576. The lowest BCUT2D eigenvalue weighted by Crippen LogP contribution is -2.27. The molecule has 0 bridgehead atoms. The highest BCUT2D eigenvalue weighted by atomic mass is 16.5. The summed E-state index contributed by atoms with van der Waals surface area (Å²) in [6.07, 6.45) is 2.50. The summed E-state index contributed by atoms with van der Waals surface area (Å²) < 4.78 is 5.35. The minimum Gasteiger partial charge on any atom is -0.380 e. The van der Waals surface area contributed by atoms with Crippen LogP contribution in [0, 0.1) is 11.3 Å². The Hall–Kier alpha value is -1.67. The molecule has 0 saturated carbocycles. The van der Waals surface area contributed by atoms with Crippen LogP contribution in [0.2, 0.25) is 0 Å². The van der Waals surface area contributed by atoms with Gasteiger partial charge in [0, 0.05) is 19.7 Å². The first-order valence-electron chi connectivity index (χ1n) is 4.96. The third-order valence-corrected chi connectivity index (χ3v) is 2.34. The third kappa shape index (κ3) is 2.22. The van der Waals surface area contributed by atoms with Crippen LogP contribution < -0.4 is 4.90 Å². The van der Waals surface area contributed by atoms with Crippen LogP contribution in [0.1, 0.15) is 12.0 Å². The van der Waals surface area contributed by atoms with Gasteiger partial charge in [0.2, 0.25) is 0 Å². The Bertz CT molecular complexity index is 366. The van der Waals surface area contributed by atoms with Crippen molar-refractivity contribution in [3.05, 3.63) is 17.8 Å². The Labute approximate surface area is 88.3 Å². The molecule has 1 aliphatic heterocycles. The van der Waals surface area contributed by atoms with Crippen molar-refractivity contribution in [3.8, 4) is 6.07 Å². The quantitative estimate of drug-likeness (QED) is 0.669. The van der Waals surface area contributed by atoms with E-state index in [4.69, 9.17) is 10.00 Å². The van der Waals surface area contributed by atoms with Crippen molar-refractivity contribution in [3.63, 3.8) is 0 Å². The van der Waals surface area contributed by atoms with Crippen LogP contribution >= 0.6 is 0 Å². The Morgan fingerprint density at radius 1 is 1.40 bits per heavy atom. The smallest absolute Gasteiger partial charge is 0.169 e. The van der Waals surface area contributed by atoms with Gasteiger partial charge in [0.1, 0.15) is 6.07 Å². The SMILES string of the molecule is N#Cc1ccnnc1N1CCCOCC1. The van der Waals surface area contributed by atoms with Crippen LogP contribution in [0.3, 0.4) is 0 Å². The number of hydrogen-bond acceptors (Lipinski definition) is 5. The van der Waals surface area contributed by atoms with Gasteiger partial charge in [-0.25, -0.2) is 0 Å². The number of nitrogens with zero attached hydrogens (tertiary/aromatic N) is 4. The molecular formula is C10H12N4O. The van der Waals surface area contributed by atoms with Gasteiger partial charge in [-0.3, -0.25) is 0 Å². The molecule has 0 unspecified atom stereocenters. The summed E-state index contributed by atoms with van der Waals surface area (Å²) in [6, 6.07) is 3.82. The molecule has 1 aromatic heterocycles. The first-order valence-corrected chi connectivity index (χ1v) is 4.96. The second-order valence-corrected chi connectivity index (χ2v) is 3.33. The summed E-state index contributed by atoms with van der Waals surface area (Å²) in [5.74, 6) is 0.672. The van der Waals surface area contributed by atoms with Gasteiger partial charge < -0.3 is 9.64 Å². The second-order valence-electron chi connectivity index (χ2n) is 3.33. The molecule has 5 heteroatoms. The van der Waals surface area contributed by atoms with Crippen molar-refractivity contribution in [2.24, 2.45) is 0 Å². The molecule has 78 valence electrons. The summed E-state index contributed by atoms with van der Waals surface area (Å²) in [6.45, 7) is 3.10. The molecule has 5 nitrogen and oxygen atoms in total. The first-order chi connectivity index (χ1) is 7.42. The molecule has 1 aliphatic rings. The Kier molecular flexibility index (Phi) is 3.10. The van der Waals surface area contributed by atoms with E-state index in [0.717, 1.165) is 26.1 Å². The molecule has 2 heterocycles. The van der Waals surface area contributed by atoms with Crippen molar-refractivity contribution in [2.45, 2.75) is 6.42 Å². The van der Waals surface area contributed by atoms with Crippen molar-refractivity contribution in [1.82, 2.24) is 10.2 Å². The molecule has 0 aliphatic carbocycles. The van der Waals surface area contributed by atoms with Gasteiger partial charge in [0.05, 0.1) is 18.4 Å². The molecule has 1 saturated heterocycles. The fourth-order valence-corrected chi connectivity index (χ4v) is 1.60. The summed E-state index contributed by atoms with van der Waals surface area (Å²) >= 11 is 0. The normalized spacial score (nSPS) is 16.9. The molecule has 1 aromatic rings. The number of aromatic nitrogens is 2. The molecule has 15 heavy (non-hydrogen) atoms. The highest BCUT2D eigenvalue weighted by Gasteiger charge is 2.14. The van der Waals surface area contributed by atoms with E-state index in [1.807, 2.05) is 0 Å². The molecule has 0 N–H and O–H groups in total. The molecule has 1 fully saturated rings. The fraction of sp³-hybridized carbons (Fsp3) is 0.500. The largest absolute Gasteiger partial charge is 0.380 e. The van der Waals surface area contributed by atoms with Crippen LogP contribution in [0.25, 0.3) is 0 Å². The standard InChI is InChI=1S/C10H12N4O/c11-8-9-2-3-12-13-10(9)14-4-1-6-15-7-5-14/h2-3H,1,4-7H2. The number of rotatable bonds is 1. The van der Waals surface area contributed by atoms with Crippen LogP contribution in [0.4, 0.5) is 5.82 Å². The van der Waals surface area contributed by atoms with Gasteiger partial charge in [-0.15, -0.1) is 5.10 Å². The Morgan fingerprint density at radius 2 is 2.33 bits per heavy atom. The van der Waals surface area contributed by atoms with Gasteiger partial charge in [-0.2, -0.15) is 10.4 Å². The zero-order valence-electron chi connectivity index (χ0n) is 8.39. The number of hydrogen-bond donors (Lipinski definition) is 0. The average molecular weight is 204 g/mol. The third-order valence-electron chi connectivity index (χ3n) is 2.34. The highest BCUT2D eigenvalue weighted by molar-refractivity contribution is 5.52. The lowest BCUT2D eigenvalue weighted by atomic mass is 10.2. The predicted octanol–water partition coefficient (Wildman–Crippen LogP) is 0.575. The van der Waals surface area contributed by atoms with E-state index in [0.29, 0.717) is 18.0 Å². The van der Waals surface area contributed by atoms with Gasteiger partial charge in [-0.1, -0.05) is 0 Å². The molecule has 0 radical (unpaired) electrons. The molecule has 0 aromatic carbocycles. The molecular weight excluding hydrogens is 192 g/mol. The monoisotopic (exact) mass is 204 g/mol. The molecule has 0 atom stereocenters. The van der Waals surface area contributed by atoms with Crippen molar-refractivity contribution >= 4 is 5.82 Å². The molecule has 0 spiro atoms. The topological polar surface area (TPSA) is 62.0 Å². The molecule has 0 amide bonds. The Balaban J connectivity index is 2.23. The van der Waals surface area contributed by atoms with Crippen LogP contribution in [0.5, 0.6) is 0 Å². The van der Waals surface area contributed by atoms with Crippen molar-refractivity contribution in [1.29, 1.82) is 5.26 Å². The summed E-state index contributed by atoms with van der Waals surface area (Å²) in [5.41, 5.74) is 0.576. The highest BCUT2D eigenvalue weighted by Crippen LogP contribution is 2.16. The zero-order valence-corrected chi connectivity index (χ0v) is 8.39. The predicted molar refractivity (Wildman–Crippen MR) is 54.4 cm³/mol. The van der Waals surface area contributed by atoms with E-state index < -0.39 is 0 Å². The van der Waals surface area contributed by atoms with Crippen LogP contribution in [-0.2, 0) is 4.74 Å². The maximum absolute atomic E-state index is 8.94. The van der Waals surface area contributed by atoms with Gasteiger partial charge in [0.25, 0.3) is 0 Å². The van der Waals surface area contributed by atoms with Gasteiger partial charge in [-0.05, 0) is 12.5 Å². The Morgan fingerprint density at radius 3 is 3.20 bits per heavy atom. The maximum atomic E-state index is 8.94. The summed E-state index contributed by atoms with van der Waals surface area (Å²) in [7, 11) is 0. The second kappa shape index (κ2) is 4.71. The van der Waals surface area contributed by atoms with Crippen LogP contribution in [0.15, 0.2) is 12.3 Å². The first kappa shape index (κ1) is 9.87. The average Bonchev–Trinajstić information content (AvgIpc) is 2.57. The van der Waals surface area contributed by atoms with Crippen LogP contribution in [-0.4, -0.2) is 36.5 Å². The van der Waals surface area contributed by atoms with E-state index in [1.54, 1.807) is 6.07 Å². The lowest BCUT2D eigenvalue weighted by molar-refractivity contribution is 0.152. The minimum absolute atomic E-state index is 0.576. The number of anilines is 1.